The summed E-state index contributed by atoms with van der Waals surface area (Å²) >= 11 is 0. The van der Waals surface area contributed by atoms with Crippen molar-refractivity contribution in [1.82, 2.24) is 10.6 Å². The van der Waals surface area contributed by atoms with Gasteiger partial charge in [-0.3, -0.25) is 9.59 Å². The Morgan fingerprint density at radius 1 is 0.750 bits per heavy atom. The summed E-state index contributed by atoms with van der Waals surface area (Å²) in [5.74, 6) is 0.923. The highest BCUT2D eigenvalue weighted by molar-refractivity contribution is 5.78. The second-order valence-electron chi connectivity index (χ2n) is 6.74. The molecular weight excluding hydrogens is 356 g/mol. The van der Waals surface area contributed by atoms with Crippen molar-refractivity contribution in [1.29, 1.82) is 0 Å². The fourth-order valence-electron chi connectivity index (χ4n) is 2.57. The molecule has 0 aliphatic heterocycles. The molecule has 0 fully saturated rings. The maximum atomic E-state index is 11.9. The first-order valence-electron chi connectivity index (χ1n) is 9.29. The van der Waals surface area contributed by atoms with E-state index >= 15 is 0 Å². The zero-order valence-electron chi connectivity index (χ0n) is 16.9. The number of aryl methyl sites for hydroxylation is 3. The lowest BCUT2D eigenvalue weighted by Crippen LogP contribution is -2.38. The van der Waals surface area contributed by atoms with Crippen molar-refractivity contribution in [3.05, 3.63) is 58.7 Å². The molecule has 6 heteroatoms. The number of hydrogen-bond acceptors (Lipinski definition) is 4. The van der Waals surface area contributed by atoms with Crippen LogP contribution in [-0.4, -0.2) is 38.1 Å². The highest BCUT2D eigenvalue weighted by Gasteiger charge is 2.09. The molecule has 6 nitrogen and oxygen atoms in total. The van der Waals surface area contributed by atoms with Crippen molar-refractivity contribution >= 4 is 11.8 Å². The minimum Gasteiger partial charge on any atom is -0.484 e. The van der Waals surface area contributed by atoms with Crippen molar-refractivity contribution in [3.8, 4) is 11.5 Å². The van der Waals surface area contributed by atoms with Crippen LogP contribution in [0.15, 0.2) is 36.4 Å². The fraction of sp³-hybridized carbons (Fsp3) is 0.364. The zero-order chi connectivity index (χ0) is 20.5. The van der Waals surface area contributed by atoms with Crippen LogP contribution in [0.5, 0.6) is 11.5 Å². The molecule has 0 saturated heterocycles. The number of nitrogens with one attached hydrogen (secondary N) is 2. The molecule has 0 aromatic heterocycles. The molecule has 0 aliphatic rings. The largest absolute Gasteiger partial charge is 0.484 e. The smallest absolute Gasteiger partial charge is 0.258 e. The van der Waals surface area contributed by atoms with Crippen LogP contribution in [0.4, 0.5) is 0 Å². The lowest BCUT2D eigenvalue weighted by Gasteiger charge is -2.14. The van der Waals surface area contributed by atoms with Gasteiger partial charge in [-0.05, 0) is 56.5 Å². The van der Waals surface area contributed by atoms with Gasteiger partial charge in [0, 0.05) is 13.1 Å². The number of rotatable bonds is 9. The number of benzene rings is 2. The molecule has 2 amide bonds. The number of carbonyl (C=O) groups excluding carboxylic acids is 2. The predicted octanol–water partition coefficient (Wildman–Crippen LogP) is 2.61. The highest BCUT2D eigenvalue weighted by Crippen LogP contribution is 2.25. The van der Waals surface area contributed by atoms with Gasteiger partial charge < -0.3 is 20.1 Å². The molecule has 0 saturated carbocycles. The summed E-state index contributed by atoms with van der Waals surface area (Å²) in [6, 6.07) is 11.5. The van der Waals surface area contributed by atoms with Crippen molar-refractivity contribution < 1.29 is 19.1 Å². The Morgan fingerprint density at radius 3 is 1.89 bits per heavy atom. The number of ether oxygens (including phenoxy) is 2. The van der Waals surface area contributed by atoms with E-state index in [1.807, 2.05) is 64.1 Å². The normalized spacial score (nSPS) is 10.3. The first-order valence-corrected chi connectivity index (χ1v) is 9.29. The Morgan fingerprint density at radius 2 is 1.29 bits per heavy atom. The van der Waals surface area contributed by atoms with Gasteiger partial charge in [0.15, 0.2) is 13.2 Å². The van der Waals surface area contributed by atoms with Crippen molar-refractivity contribution in [3.63, 3.8) is 0 Å². The van der Waals surface area contributed by atoms with E-state index in [1.165, 1.54) is 0 Å². The average molecular weight is 384 g/mol. The average Bonchev–Trinajstić information content (AvgIpc) is 2.68. The van der Waals surface area contributed by atoms with E-state index in [0.29, 0.717) is 18.8 Å². The minimum atomic E-state index is -0.239. The van der Waals surface area contributed by atoms with Gasteiger partial charge in [-0.2, -0.15) is 0 Å². The molecule has 2 aromatic carbocycles. The van der Waals surface area contributed by atoms with Crippen LogP contribution in [0, 0.1) is 27.7 Å². The monoisotopic (exact) mass is 384 g/mol. The standard InChI is InChI=1S/C22H28N2O4/c1-15-5-9-19(10-6-15)27-13-20(25)23-11-12-24-21(26)14-28-22-17(3)8-7-16(2)18(22)4/h5-10H,11-14H2,1-4H3,(H,23,25)(H,24,26). The molecule has 0 aliphatic carbocycles. The molecule has 0 bridgehead atoms. The van der Waals surface area contributed by atoms with Crippen LogP contribution in [-0.2, 0) is 9.59 Å². The van der Waals surface area contributed by atoms with Crippen LogP contribution in [0.2, 0.25) is 0 Å². The van der Waals surface area contributed by atoms with Crippen molar-refractivity contribution in [2.75, 3.05) is 26.3 Å². The van der Waals surface area contributed by atoms with Gasteiger partial charge in [-0.15, -0.1) is 0 Å². The van der Waals surface area contributed by atoms with Crippen molar-refractivity contribution in [2.45, 2.75) is 27.7 Å². The molecule has 28 heavy (non-hydrogen) atoms. The van der Waals surface area contributed by atoms with Gasteiger partial charge in [0.2, 0.25) is 0 Å². The summed E-state index contributed by atoms with van der Waals surface area (Å²) < 4.78 is 11.1. The van der Waals surface area contributed by atoms with E-state index in [1.54, 1.807) is 0 Å². The molecule has 2 rings (SSSR count). The fourth-order valence-corrected chi connectivity index (χ4v) is 2.57. The van der Waals surface area contributed by atoms with E-state index in [4.69, 9.17) is 9.47 Å². The van der Waals surface area contributed by atoms with Crippen LogP contribution in [0.25, 0.3) is 0 Å². The maximum Gasteiger partial charge on any atom is 0.258 e. The molecule has 0 heterocycles. The number of hydrogen-bond donors (Lipinski definition) is 2. The van der Waals surface area contributed by atoms with Crippen LogP contribution < -0.4 is 20.1 Å². The van der Waals surface area contributed by atoms with Gasteiger partial charge in [0.1, 0.15) is 11.5 Å². The quantitative estimate of drug-likeness (QED) is 0.652. The Balaban J connectivity index is 1.62. The summed E-state index contributed by atoms with van der Waals surface area (Å²) in [6.07, 6.45) is 0. The molecule has 2 N–H and O–H groups in total. The summed E-state index contributed by atoms with van der Waals surface area (Å²) in [4.78, 5) is 23.7. The molecule has 0 spiro atoms. The van der Waals surface area contributed by atoms with E-state index in [9.17, 15) is 9.59 Å². The van der Waals surface area contributed by atoms with E-state index in [2.05, 4.69) is 10.6 Å². The van der Waals surface area contributed by atoms with E-state index in [-0.39, 0.29) is 25.0 Å². The number of amides is 2. The third-order valence-corrected chi connectivity index (χ3v) is 4.38. The highest BCUT2D eigenvalue weighted by atomic mass is 16.5. The second-order valence-corrected chi connectivity index (χ2v) is 6.74. The molecule has 0 atom stereocenters. The third kappa shape index (κ3) is 6.61. The Kier molecular flexibility index (Phi) is 7.87. The lowest BCUT2D eigenvalue weighted by atomic mass is 10.1. The molecule has 0 unspecified atom stereocenters. The summed E-state index contributed by atoms with van der Waals surface area (Å²) in [5.41, 5.74) is 4.28. The number of carbonyl (C=O) groups is 2. The zero-order valence-corrected chi connectivity index (χ0v) is 16.9. The second kappa shape index (κ2) is 10.3. The van der Waals surface area contributed by atoms with E-state index in [0.717, 1.165) is 28.0 Å². The summed E-state index contributed by atoms with van der Waals surface area (Å²) in [6.45, 7) is 8.44. The minimum absolute atomic E-state index is 0.0599. The van der Waals surface area contributed by atoms with Crippen LogP contribution in [0.3, 0.4) is 0 Å². The van der Waals surface area contributed by atoms with E-state index < -0.39 is 0 Å². The summed E-state index contributed by atoms with van der Waals surface area (Å²) in [7, 11) is 0. The van der Waals surface area contributed by atoms with Gasteiger partial charge >= 0.3 is 0 Å². The van der Waals surface area contributed by atoms with Crippen molar-refractivity contribution in [2.24, 2.45) is 0 Å². The summed E-state index contributed by atoms with van der Waals surface area (Å²) in [5, 5.41) is 5.42. The van der Waals surface area contributed by atoms with Crippen LogP contribution in [0.1, 0.15) is 22.3 Å². The maximum absolute atomic E-state index is 11.9. The SMILES string of the molecule is Cc1ccc(OCC(=O)NCCNC(=O)COc2c(C)ccc(C)c2C)cc1. The first-order chi connectivity index (χ1) is 13.4. The Hall–Kier alpha value is -3.02. The molecular formula is C22H28N2O4. The Labute approximate surface area is 166 Å². The van der Waals surface area contributed by atoms with Gasteiger partial charge in [-0.25, -0.2) is 0 Å². The van der Waals surface area contributed by atoms with Gasteiger partial charge in [0.05, 0.1) is 0 Å². The van der Waals surface area contributed by atoms with Gasteiger partial charge in [0.25, 0.3) is 11.8 Å². The topological polar surface area (TPSA) is 76.7 Å². The lowest BCUT2D eigenvalue weighted by molar-refractivity contribution is -0.124. The molecule has 150 valence electrons. The first kappa shape index (κ1) is 21.3. The van der Waals surface area contributed by atoms with Crippen LogP contribution >= 0.6 is 0 Å². The molecule has 0 radical (unpaired) electrons. The van der Waals surface area contributed by atoms with Gasteiger partial charge in [-0.1, -0.05) is 29.8 Å². The predicted molar refractivity (Wildman–Crippen MR) is 109 cm³/mol. The molecule has 2 aromatic rings. The Bertz CT molecular complexity index is 816. The third-order valence-electron chi connectivity index (χ3n) is 4.38.